The fourth-order valence-corrected chi connectivity index (χ4v) is 4.04. The molecule has 1 aliphatic heterocycles. The molecule has 1 fully saturated rings. The molecule has 3 heterocycles. The summed E-state index contributed by atoms with van der Waals surface area (Å²) in [5, 5.41) is 9.18. The van der Waals surface area contributed by atoms with E-state index in [1.165, 1.54) is 4.88 Å². The van der Waals surface area contributed by atoms with Gasteiger partial charge in [0, 0.05) is 44.0 Å². The summed E-state index contributed by atoms with van der Waals surface area (Å²) >= 11 is 1.82. The lowest BCUT2D eigenvalue weighted by Gasteiger charge is -2.34. The highest BCUT2D eigenvalue weighted by molar-refractivity contribution is 7.10. The molecule has 28 heavy (non-hydrogen) atoms. The number of guanidine groups is 1. The van der Waals surface area contributed by atoms with Crippen LogP contribution in [0.15, 0.2) is 45.3 Å². The average Bonchev–Trinajstić information content (AvgIpc) is 3.41. The van der Waals surface area contributed by atoms with E-state index >= 15 is 0 Å². The molecule has 0 aromatic carbocycles. The smallest absolute Gasteiger partial charge is 0.191 e. The normalized spacial score (nSPS) is 17.0. The van der Waals surface area contributed by atoms with Gasteiger partial charge in [-0.05, 0) is 29.5 Å². The molecule has 154 valence electrons. The van der Waals surface area contributed by atoms with Crippen molar-refractivity contribution in [1.82, 2.24) is 15.5 Å². The summed E-state index contributed by atoms with van der Waals surface area (Å²) in [6.45, 7) is 10.3. The molecule has 2 aromatic heterocycles. The summed E-state index contributed by atoms with van der Waals surface area (Å²) in [5.74, 6) is 2.38. The second-order valence-electron chi connectivity index (χ2n) is 7.40. The van der Waals surface area contributed by atoms with Crippen LogP contribution >= 0.6 is 11.3 Å². The highest BCUT2D eigenvalue weighted by atomic mass is 32.1. The number of thiophene rings is 1. The largest absolute Gasteiger partial charge is 0.469 e. The van der Waals surface area contributed by atoms with Gasteiger partial charge in [0.15, 0.2) is 5.96 Å². The Morgan fingerprint density at radius 3 is 2.75 bits per heavy atom. The molecule has 0 aliphatic carbocycles. The van der Waals surface area contributed by atoms with Crippen molar-refractivity contribution < 1.29 is 9.15 Å². The van der Waals surface area contributed by atoms with Gasteiger partial charge in [-0.25, -0.2) is 0 Å². The second-order valence-corrected chi connectivity index (χ2v) is 8.38. The van der Waals surface area contributed by atoms with Crippen molar-refractivity contribution in [2.24, 2.45) is 10.9 Å². The first-order valence-electron chi connectivity index (χ1n) is 10.1. The van der Waals surface area contributed by atoms with Gasteiger partial charge in [-0.15, -0.1) is 11.3 Å². The topological polar surface area (TPSA) is 62.0 Å². The summed E-state index contributed by atoms with van der Waals surface area (Å²) in [7, 11) is 0. The lowest BCUT2D eigenvalue weighted by atomic mass is 10.2. The van der Waals surface area contributed by atoms with E-state index in [1.54, 1.807) is 6.26 Å². The molecule has 2 aromatic rings. The van der Waals surface area contributed by atoms with E-state index in [4.69, 9.17) is 14.1 Å². The van der Waals surface area contributed by atoms with Crippen molar-refractivity contribution in [1.29, 1.82) is 0 Å². The van der Waals surface area contributed by atoms with Crippen molar-refractivity contribution in [3.05, 3.63) is 46.5 Å². The predicted molar refractivity (Wildman–Crippen MR) is 115 cm³/mol. The molecule has 7 heteroatoms. The molecule has 1 unspecified atom stereocenters. The van der Waals surface area contributed by atoms with Gasteiger partial charge >= 0.3 is 0 Å². The second kappa shape index (κ2) is 11.2. The zero-order chi connectivity index (χ0) is 19.6. The van der Waals surface area contributed by atoms with Gasteiger partial charge in [-0.1, -0.05) is 19.9 Å². The highest BCUT2D eigenvalue weighted by Gasteiger charge is 2.23. The van der Waals surface area contributed by atoms with Crippen molar-refractivity contribution in [3.63, 3.8) is 0 Å². The van der Waals surface area contributed by atoms with Gasteiger partial charge in [-0.2, -0.15) is 0 Å². The molecule has 1 aliphatic rings. The maximum Gasteiger partial charge on any atom is 0.191 e. The summed E-state index contributed by atoms with van der Waals surface area (Å²) in [6, 6.07) is 8.62. The molecule has 0 bridgehead atoms. The van der Waals surface area contributed by atoms with Crippen LogP contribution in [0, 0.1) is 5.92 Å². The Balaban J connectivity index is 1.59. The number of morpholine rings is 1. The van der Waals surface area contributed by atoms with Crippen LogP contribution in [-0.4, -0.2) is 56.8 Å². The van der Waals surface area contributed by atoms with Crippen molar-refractivity contribution in [2.75, 3.05) is 45.9 Å². The standard InChI is InChI=1S/C21H32N4O2S/c1-17(2)15-23-21(22-8-7-18-5-3-11-27-18)24-16-19(20-6-4-14-28-20)25-9-12-26-13-10-25/h3-6,11,14,17,19H,7-10,12-13,15-16H2,1-2H3,(H2,22,23,24). The SMILES string of the molecule is CC(C)CN=C(NCCc1ccco1)NCC(c1cccs1)N1CCOCC1. The van der Waals surface area contributed by atoms with Gasteiger partial charge < -0.3 is 19.8 Å². The number of ether oxygens (including phenoxy) is 1. The van der Waals surface area contributed by atoms with E-state index in [9.17, 15) is 0 Å². The number of hydrogen-bond acceptors (Lipinski definition) is 5. The molecular weight excluding hydrogens is 372 g/mol. The Morgan fingerprint density at radius 1 is 1.21 bits per heavy atom. The fraction of sp³-hybridized carbons (Fsp3) is 0.571. The molecular formula is C21H32N4O2S. The van der Waals surface area contributed by atoms with Gasteiger partial charge in [0.2, 0.25) is 0 Å². The molecule has 0 spiro atoms. The third-order valence-electron chi connectivity index (χ3n) is 4.68. The van der Waals surface area contributed by atoms with Crippen LogP contribution in [0.2, 0.25) is 0 Å². The van der Waals surface area contributed by atoms with Gasteiger partial charge in [0.1, 0.15) is 5.76 Å². The fourth-order valence-electron chi connectivity index (χ4n) is 3.18. The summed E-state index contributed by atoms with van der Waals surface area (Å²) in [5.41, 5.74) is 0. The van der Waals surface area contributed by atoms with E-state index < -0.39 is 0 Å². The third kappa shape index (κ3) is 6.65. The molecule has 6 nitrogen and oxygen atoms in total. The maximum atomic E-state index is 5.54. The van der Waals surface area contributed by atoms with Crippen LogP contribution in [0.3, 0.4) is 0 Å². The Kier molecular flexibility index (Phi) is 8.39. The molecule has 1 atom stereocenters. The monoisotopic (exact) mass is 404 g/mol. The van der Waals surface area contributed by atoms with Gasteiger partial charge in [0.25, 0.3) is 0 Å². The number of rotatable bonds is 9. The Labute approximate surface area is 172 Å². The van der Waals surface area contributed by atoms with E-state index in [2.05, 4.69) is 46.9 Å². The number of nitrogens with one attached hydrogen (secondary N) is 2. The van der Waals surface area contributed by atoms with E-state index in [0.29, 0.717) is 12.0 Å². The van der Waals surface area contributed by atoms with Gasteiger partial charge in [0.05, 0.1) is 25.5 Å². The van der Waals surface area contributed by atoms with Gasteiger partial charge in [-0.3, -0.25) is 9.89 Å². The third-order valence-corrected chi connectivity index (χ3v) is 5.65. The van der Waals surface area contributed by atoms with Crippen LogP contribution in [-0.2, 0) is 11.2 Å². The summed E-state index contributed by atoms with van der Waals surface area (Å²) in [6.07, 6.45) is 2.56. The molecule has 2 N–H and O–H groups in total. The molecule has 0 amide bonds. The zero-order valence-corrected chi connectivity index (χ0v) is 17.7. The average molecular weight is 405 g/mol. The lowest BCUT2D eigenvalue weighted by molar-refractivity contribution is 0.0177. The predicted octanol–water partition coefficient (Wildman–Crippen LogP) is 3.15. The van der Waals surface area contributed by atoms with E-state index in [-0.39, 0.29) is 0 Å². The van der Waals surface area contributed by atoms with E-state index in [0.717, 1.165) is 64.1 Å². The van der Waals surface area contributed by atoms with Crippen molar-refractivity contribution >= 4 is 17.3 Å². The van der Waals surface area contributed by atoms with Crippen molar-refractivity contribution in [3.8, 4) is 0 Å². The lowest BCUT2D eigenvalue weighted by Crippen LogP contribution is -2.46. The first kappa shape index (κ1) is 20.9. The molecule has 0 saturated carbocycles. The van der Waals surface area contributed by atoms with Crippen LogP contribution in [0.25, 0.3) is 0 Å². The molecule has 0 radical (unpaired) electrons. The van der Waals surface area contributed by atoms with Crippen LogP contribution in [0.4, 0.5) is 0 Å². The van der Waals surface area contributed by atoms with E-state index in [1.807, 2.05) is 23.5 Å². The Hall–Kier alpha value is -1.83. The number of nitrogens with zero attached hydrogens (tertiary/aromatic N) is 2. The molecule has 1 saturated heterocycles. The first-order chi connectivity index (χ1) is 13.7. The number of furan rings is 1. The first-order valence-corrected chi connectivity index (χ1v) is 11.0. The Bertz CT molecular complexity index is 679. The highest BCUT2D eigenvalue weighted by Crippen LogP contribution is 2.25. The summed E-state index contributed by atoms with van der Waals surface area (Å²) in [4.78, 5) is 8.65. The minimum Gasteiger partial charge on any atom is -0.469 e. The maximum absolute atomic E-state index is 5.54. The Morgan fingerprint density at radius 2 is 2.07 bits per heavy atom. The van der Waals surface area contributed by atoms with Crippen LogP contribution < -0.4 is 10.6 Å². The number of hydrogen-bond donors (Lipinski definition) is 2. The minimum atomic E-state index is 0.333. The van der Waals surface area contributed by atoms with Crippen LogP contribution in [0.1, 0.15) is 30.5 Å². The minimum absolute atomic E-state index is 0.333. The summed E-state index contributed by atoms with van der Waals surface area (Å²) < 4.78 is 11.0. The zero-order valence-electron chi connectivity index (χ0n) is 16.9. The van der Waals surface area contributed by atoms with Crippen LogP contribution in [0.5, 0.6) is 0 Å². The quantitative estimate of drug-likeness (QED) is 0.497. The number of aliphatic imine (C=N–C) groups is 1. The molecule has 3 rings (SSSR count). The van der Waals surface area contributed by atoms with Crippen molar-refractivity contribution in [2.45, 2.75) is 26.3 Å².